The summed E-state index contributed by atoms with van der Waals surface area (Å²) in [5, 5.41) is 0.399. The van der Waals surface area contributed by atoms with Crippen molar-refractivity contribution in [2.24, 2.45) is 0 Å². The highest BCUT2D eigenvalue weighted by Gasteiger charge is 2.28. The highest BCUT2D eigenvalue weighted by molar-refractivity contribution is 7.97. The molecule has 0 bridgehead atoms. The highest BCUT2D eigenvalue weighted by atomic mass is 32.2. The Balaban J connectivity index is 1.39. The molecule has 2 heterocycles. The van der Waals surface area contributed by atoms with Crippen LogP contribution in [0.1, 0.15) is 49.0 Å². The van der Waals surface area contributed by atoms with Gasteiger partial charge in [-0.2, -0.15) is 0 Å². The SMILES string of the molecule is C[C@H]1CCC(c2ccccc2)SN1Cc1ccc(OC2CCS(=O)(=O)CC2)cc1F. The van der Waals surface area contributed by atoms with E-state index in [0.29, 0.717) is 42.0 Å². The van der Waals surface area contributed by atoms with Crippen LogP contribution in [0.3, 0.4) is 0 Å². The molecule has 0 aliphatic carbocycles. The molecule has 4 rings (SSSR count). The molecule has 2 fully saturated rings. The summed E-state index contributed by atoms with van der Waals surface area (Å²) >= 11 is 1.81. The van der Waals surface area contributed by atoms with E-state index in [0.717, 1.165) is 12.8 Å². The van der Waals surface area contributed by atoms with Gasteiger partial charge in [0.2, 0.25) is 0 Å². The van der Waals surface area contributed by atoms with E-state index >= 15 is 0 Å². The van der Waals surface area contributed by atoms with Crippen molar-refractivity contribution in [3.8, 4) is 5.75 Å². The second-order valence-electron chi connectivity index (χ2n) is 8.23. The van der Waals surface area contributed by atoms with E-state index in [1.54, 1.807) is 12.1 Å². The van der Waals surface area contributed by atoms with Crippen molar-refractivity contribution in [2.75, 3.05) is 11.5 Å². The van der Waals surface area contributed by atoms with Crippen LogP contribution in [0.5, 0.6) is 5.75 Å². The molecule has 162 valence electrons. The van der Waals surface area contributed by atoms with Gasteiger partial charge in [0.1, 0.15) is 17.7 Å². The fraction of sp³-hybridized carbons (Fsp3) is 0.478. The van der Waals surface area contributed by atoms with Gasteiger partial charge >= 0.3 is 0 Å². The van der Waals surface area contributed by atoms with Crippen LogP contribution in [-0.4, -0.2) is 36.4 Å². The molecule has 30 heavy (non-hydrogen) atoms. The molecule has 4 nitrogen and oxygen atoms in total. The van der Waals surface area contributed by atoms with Crippen LogP contribution < -0.4 is 4.74 Å². The zero-order valence-corrected chi connectivity index (χ0v) is 18.8. The summed E-state index contributed by atoms with van der Waals surface area (Å²) in [6, 6.07) is 15.9. The third-order valence-electron chi connectivity index (χ3n) is 5.93. The number of benzene rings is 2. The van der Waals surface area contributed by atoms with Crippen molar-refractivity contribution in [3.63, 3.8) is 0 Å². The second-order valence-corrected chi connectivity index (χ2v) is 11.8. The monoisotopic (exact) mass is 449 g/mol. The normalized spacial score (nSPS) is 25.1. The van der Waals surface area contributed by atoms with E-state index < -0.39 is 9.84 Å². The van der Waals surface area contributed by atoms with Crippen LogP contribution in [0.25, 0.3) is 0 Å². The average molecular weight is 450 g/mol. The van der Waals surface area contributed by atoms with Gasteiger partial charge in [0.05, 0.1) is 11.5 Å². The van der Waals surface area contributed by atoms with E-state index in [1.165, 1.54) is 11.6 Å². The Bertz CT molecular complexity index is 954. The van der Waals surface area contributed by atoms with E-state index in [4.69, 9.17) is 4.74 Å². The number of hydrogen-bond donors (Lipinski definition) is 0. The molecule has 0 radical (unpaired) electrons. The van der Waals surface area contributed by atoms with Crippen LogP contribution in [0, 0.1) is 5.82 Å². The third-order valence-corrected chi connectivity index (χ3v) is 9.16. The number of halogens is 1. The maximum Gasteiger partial charge on any atom is 0.150 e. The quantitative estimate of drug-likeness (QED) is 0.591. The van der Waals surface area contributed by atoms with Crippen LogP contribution >= 0.6 is 11.9 Å². The zero-order chi connectivity index (χ0) is 21.1. The molecule has 2 aliphatic heterocycles. The number of sulfone groups is 1. The molecule has 0 N–H and O–H groups in total. The number of ether oxygens (including phenoxy) is 1. The van der Waals surface area contributed by atoms with Crippen LogP contribution in [0.2, 0.25) is 0 Å². The molecule has 2 saturated heterocycles. The van der Waals surface area contributed by atoms with E-state index in [-0.39, 0.29) is 23.4 Å². The van der Waals surface area contributed by atoms with Gasteiger partial charge in [-0.1, -0.05) is 48.3 Å². The zero-order valence-electron chi connectivity index (χ0n) is 17.2. The Morgan fingerprint density at radius 3 is 2.50 bits per heavy atom. The molecule has 1 unspecified atom stereocenters. The molecule has 2 aromatic rings. The van der Waals surface area contributed by atoms with Crippen molar-refractivity contribution >= 4 is 21.8 Å². The first-order valence-electron chi connectivity index (χ1n) is 10.5. The van der Waals surface area contributed by atoms with Gasteiger partial charge in [-0.15, -0.1) is 0 Å². The second kappa shape index (κ2) is 9.28. The fourth-order valence-electron chi connectivity index (χ4n) is 4.02. The minimum Gasteiger partial charge on any atom is -0.490 e. The van der Waals surface area contributed by atoms with Gasteiger partial charge in [0.25, 0.3) is 0 Å². The Morgan fingerprint density at radius 1 is 1.07 bits per heavy atom. The molecule has 7 heteroatoms. The standard InChI is InChI=1S/C23H28FNO3S2/c1-17-7-10-23(18-5-3-2-4-6-18)29-25(17)16-19-8-9-21(15-22(19)24)28-20-11-13-30(26,27)14-12-20/h2-6,8-9,15,17,20,23H,7,10-14,16H2,1H3/t17-,23?/m0/s1. The van der Waals surface area contributed by atoms with E-state index in [9.17, 15) is 12.8 Å². The summed E-state index contributed by atoms with van der Waals surface area (Å²) in [6.07, 6.45) is 2.98. The Kier molecular flexibility index (Phi) is 6.70. The first kappa shape index (κ1) is 21.7. The maximum atomic E-state index is 14.8. The van der Waals surface area contributed by atoms with Gasteiger partial charge in [-0.25, -0.2) is 17.1 Å². The lowest BCUT2D eigenvalue weighted by Gasteiger charge is -2.37. The predicted octanol–water partition coefficient (Wildman–Crippen LogP) is 5.16. The van der Waals surface area contributed by atoms with Gasteiger partial charge in [-0.3, -0.25) is 0 Å². The molecular weight excluding hydrogens is 421 g/mol. The summed E-state index contributed by atoms with van der Waals surface area (Å²) in [4.78, 5) is 0. The molecule has 2 aromatic carbocycles. The van der Waals surface area contributed by atoms with Crippen LogP contribution in [0.15, 0.2) is 48.5 Å². The molecule has 0 aromatic heterocycles. The first-order valence-corrected chi connectivity index (χ1v) is 13.2. The minimum atomic E-state index is -2.93. The van der Waals surface area contributed by atoms with Gasteiger partial charge in [-0.05, 0) is 44.2 Å². The first-order chi connectivity index (χ1) is 14.4. The average Bonchev–Trinajstić information content (AvgIpc) is 2.74. The topological polar surface area (TPSA) is 46.6 Å². The smallest absolute Gasteiger partial charge is 0.150 e. The lowest BCUT2D eigenvalue weighted by atomic mass is 10.0. The number of nitrogens with zero attached hydrogens (tertiary/aromatic N) is 1. The van der Waals surface area contributed by atoms with Crippen molar-refractivity contribution < 1.29 is 17.5 Å². The maximum absolute atomic E-state index is 14.8. The Morgan fingerprint density at radius 2 is 1.80 bits per heavy atom. The predicted molar refractivity (Wildman–Crippen MR) is 120 cm³/mol. The van der Waals surface area contributed by atoms with Gasteiger partial charge in [0, 0.05) is 29.5 Å². The Hall–Kier alpha value is -1.57. The summed E-state index contributed by atoms with van der Waals surface area (Å²) < 4.78 is 46.1. The summed E-state index contributed by atoms with van der Waals surface area (Å²) in [5.74, 6) is 0.489. The van der Waals surface area contributed by atoms with Gasteiger partial charge < -0.3 is 4.74 Å². The number of rotatable bonds is 5. The summed E-state index contributed by atoms with van der Waals surface area (Å²) in [6.45, 7) is 2.74. The van der Waals surface area contributed by atoms with Crippen molar-refractivity contribution in [1.82, 2.24) is 4.31 Å². The molecule has 2 atom stereocenters. The summed E-state index contributed by atoms with van der Waals surface area (Å²) in [5.41, 5.74) is 1.97. The number of hydrogen-bond acceptors (Lipinski definition) is 5. The lowest BCUT2D eigenvalue weighted by Crippen LogP contribution is -2.32. The highest BCUT2D eigenvalue weighted by Crippen LogP contribution is 2.43. The van der Waals surface area contributed by atoms with Gasteiger partial charge in [0.15, 0.2) is 9.84 Å². The van der Waals surface area contributed by atoms with Crippen molar-refractivity contribution in [2.45, 2.75) is 56.5 Å². The molecule has 2 aliphatic rings. The third kappa shape index (κ3) is 5.37. The minimum absolute atomic E-state index is 0.144. The van der Waals surface area contributed by atoms with Crippen LogP contribution in [-0.2, 0) is 16.4 Å². The van der Waals surface area contributed by atoms with Crippen molar-refractivity contribution in [1.29, 1.82) is 0 Å². The molecule has 0 amide bonds. The molecule has 0 spiro atoms. The lowest BCUT2D eigenvalue weighted by molar-refractivity contribution is 0.189. The van der Waals surface area contributed by atoms with Crippen LogP contribution in [0.4, 0.5) is 4.39 Å². The van der Waals surface area contributed by atoms with Crippen molar-refractivity contribution in [3.05, 3.63) is 65.5 Å². The fourth-order valence-corrected chi connectivity index (χ4v) is 6.84. The molecule has 0 saturated carbocycles. The van der Waals surface area contributed by atoms with E-state index in [1.807, 2.05) is 18.0 Å². The molecular formula is C23H28FNO3S2. The Labute approximate surface area is 182 Å². The largest absolute Gasteiger partial charge is 0.490 e. The van der Waals surface area contributed by atoms with E-state index in [2.05, 4.69) is 35.5 Å². The summed E-state index contributed by atoms with van der Waals surface area (Å²) in [7, 11) is -2.93.